The maximum atomic E-state index is 13.0. The number of ether oxygens (including phenoxy) is 2. The maximum Gasteiger partial charge on any atom is 0.325 e. The fourth-order valence-electron chi connectivity index (χ4n) is 3.37. The highest BCUT2D eigenvalue weighted by molar-refractivity contribution is 6.06. The van der Waals surface area contributed by atoms with E-state index in [-0.39, 0.29) is 12.5 Å². The summed E-state index contributed by atoms with van der Waals surface area (Å²) < 4.78 is 10.5. The molecule has 8 heteroatoms. The molecular weight excluding hydrogens is 374 g/mol. The van der Waals surface area contributed by atoms with Gasteiger partial charge in [0, 0.05) is 12.0 Å². The Hall–Kier alpha value is -3.55. The van der Waals surface area contributed by atoms with Gasteiger partial charge in [-0.05, 0) is 42.3 Å². The van der Waals surface area contributed by atoms with Gasteiger partial charge in [-0.25, -0.2) is 4.79 Å². The van der Waals surface area contributed by atoms with Crippen molar-refractivity contribution in [2.75, 3.05) is 14.2 Å². The van der Waals surface area contributed by atoms with Crippen molar-refractivity contribution in [1.82, 2.24) is 10.2 Å². The summed E-state index contributed by atoms with van der Waals surface area (Å²) in [6.45, 7) is 1.80. The van der Waals surface area contributed by atoms with E-state index in [1.165, 1.54) is 12.0 Å². The number of rotatable bonds is 7. The van der Waals surface area contributed by atoms with Gasteiger partial charge in [0.25, 0.3) is 5.91 Å². The predicted molar refractivity (Wildman–Crippen MR) is 106 cm³/mol. The zero-order valence-corrected chi connectivity index (χ0v) is 16.5. The van der Waals surface area contributed by atoms with Gasteiger partial charge in [-0.15, -0.1) is 0 Å². The fourth-order valence-corrected chi connectivity index (χ4v) is 3.37. The summed E-state index contributed by atoms with van der Waals surface area (Å²) in [7, 11) is 3.09. The van der Waals surface area contributed by atoms with Crippen molar-refractivity contribution in [1.29, 1.82) is 0 Å². The van der Waals surface area contributed by atoms with Crippen molar-refractivity contribution < 1.29 is 23.9 Å². The third kappa shape index (κ3) is 4.01. The second-order valence-corrected chi connectivity index (χ2v) is 7.08. The lowest BCUT2D eigenvalue weighted by atomic mass is 9.92. The van der Waals surface area contributed by atoms with E-state index in [0.717, 1.165) is 5.56 Å². The van der Waals surface area contributed by atoms with Crippen molar-refractivity contribution in [2.24, 2.45) is 5.73 Å². The Morgan fingerprint density at radius 3 is 2.24 bits per heavy atom. The standard InChI is InChI=1S/C21H23N3O5/c1-21(11-14-6-9-16(28-2)17(10-14)29-3)19(26)24(20(27)23-21)12-13-4-7-15(8-5-13)18(22)25/h4-10H,11-12H2,1-3H3,(H2,22,25)(H,23,27). The van der Waals surface area contributed by atoms with Crippen LogP contribution in [-0.2, 0) is 17.8 Å². The molecule has 0 aliphatic carbocycles. The molecule has 8 nitrogen and oxygen atoms in total. The zero-order chi connectivity index (χ0) is 21.2. The minimum absolute atomic E-state index is 0.102. The number of nitrogens with zero attached hydrogens (tertiary/aromatic N) is 1. The number of urea groups is 1. The number of primary amides is 1. The lowest BCUT2D eigenvalue weighted by molar-refractivity contribution is -0.131. The first-order chi connectivity index (χ1) is 13.8. The van der Waals surface area contributed by atoms with Crippen LogP contribution in [0, 0.1) is 0 Å². The van der Waals surface area contributed by atoms with Crippen LogP contribution in [0.3, 0.4) is 0 Å². The number of amides is 4. The van der Waals surface area contributed by atoms with Gasteiger partial charge in [0.15, 0.2) is 11.5 Å². The molecule has 152 valence electrons. The van der Waals surface area contributed by atoms with Crippen LogP contribution >= 0.6 is 0 Å². The molecule has 1 heterocycles. The van der Waals surface area contributed by atoms with E-state index in [9.17, 15) is 14.4 Å². The molecule has 1 fully saturated rings. The first kappa shape index (κ1) is 20.2. The number of carbonyl (C=O) groups excluding carboxylic acids is 3. The highest BCUT2D eigenvalue weighted by Crippen LogP contribution is 2.31. The Morgan fingerprint density at radius 2 is 1.66 bits per heavy atom. The number of nitrogens with two attached hydrogens (primary N) is 1. The molecular formula is C21H23N3O5. The summed E-state index contributed by atoms with van der Waals surface area (Å²) in [6, 6.07) is 11.4. The molecule has 0 aromatic heterocycles. The van der Waals surface area contributed by atoms with Crippen LogP contribution in [0.25, 0.3) is 0 Å². The van der Waals surface area contributed by atoms with E-state index in [1.54, 1.807) is 50.4 Å². The maximum absolute atomic E-state index is 13.0. The van der Waals surface area contributed by atoms with Crippen LogP contribution in [0.2, 0.25) is 0 Å². The smallest absolute Gasteiger partial charge is 0.325 e. The summed E-state index contributed by atoms with van der Waals surface area (Å²) in [5, 5.41) is 2.79. The van der Waals surface area contributed by atoms with Crippen LogP contribution in [0.4, 0.5) is 4.79 Å². The van der Waals surface area contributed by atoms with Gasteiger partial charge < -0.3 is 20.5 Å². The molecule has 1 unspecified atom stereocenters. The van der Waals surface area contributed by atoms with Crippen LogP contribution in [-0.4, -0.2) is 42.5 Å². The monoisotopic (exact) mass is 397 g/mol. The zero-order valence-electron chi connectivity index (χ0n) is 16.5. The van der Waals surface area contributed by atoms with Crippen LogP contribution in [0.15, 0.2) is 42.5 Å². The largest absolute Gasteiger partial charge is 0.493 e. The number of methoxy groups -OCH3 is 2. The van der Waals surface area contributed by atoms with E-state index in [1.807, 2.05) is 6.07 Å². The van der Waals surface area contributed by atoms with Gasteiger partial charge in [-0.1, -0.05) is 18.2 Å². The lowest BCUT2D eigenvalue weighted by Gasteiger charge is -2.22. The second kappa shape index (κ2) is 7.83. The molecule has 1 atom stereocenters. The topological polar surface area (TPSA) is 111 Å². The molecule has 1 aliphatic rings. The van der Waals surface area contributed by atoms with Gasteiger partial charge in [0.05, 0.1) is 20.8 Å². The van der Waals surface area contributed by atoms with Crippen LogP contribution < -0.4 is 20.5 Å². The Kier molecular flexibility index (Phi) is 5.45. The van der Waals surface area contributed by atoms with Crippen molar-refractivity contribution in [3.63, 3.8) is 0 Å². The molecule has 0 saturated carbocycles. The number of hydrogen-bond donors (Lipinski definition) is 2. The van der Waals surface area contributed by atoms with Gasteiger partial charge in [-0.2, -0.15) is 0 Å². The third-order valence-corrected chi connectivity index (χ3v) is 4.93. The number of hydrogen-bond acceptors (Lipinski definition) is 5. The molecule has 0 radical (unpaired) electrons. The van der Waals surface area contributed by atoms with Crippen molar-refractivity contribution in [3.8, 4) is 11.5 Å². The summed E-state index contributed by atoms with van der Waals surface area (Å²) in [5.41, 5.74) is 6.06. The molecule has 29 heavy (non-hydrogen) atoms. The van der Waals surface area contributed by atoms with E-state index in [2.05, 4.69) is 5.32 Å². The van der Waals surface area contributed by atoms with Crippen molar-refractivity contribution >= 4 is 17.8 Å². The van der Waals surface area contributed by atoms with Gasteiger partial charge in [-0.3, -0.25) is 14.5 Å². The fraction of sp³-hybridized carbons (Fsp3) is 0.286. The van der Waals surface area contributed by atoms with Crippen LogP contribution in [0.1, 0.15) is 28.4 Å². The number of imide groups is 1. The predicted octanol–water partition coefficient (Wildman–Crippen LogP) is 1.86. The minimum Gasteiger partial charge on any atom is -0.493 e. The molecule has 1 saturated heterocycles. The summed E-state index contributed by atoms with van der Waals surface area (Å²) in [6.07, 6.45) is 0.301. The summed E-state index contributed by atoms with van der Waals surface area (Å²) in [5.74, 6) is 0.284. The second-order valence-electron chi connectivity index (χ2n) is 7.08. The number of carbonyl (C=O) groups is 3. The average molecular weight is 397 g/mol. The van der Waals surface area contributed by atoms with Crippen molar-refractivity contribution in [2.45, 2.75) is 25.4 Å². The molecule has 0 spiro atoms. The van der Waals surface area contributed by atoms with E-state index in [4.69, 9.17) is 15.2 Å². The lowest BCUT2D eigenvalue weighted by Crippen LogP contribution is -2.45. The van der Waals surface area contributed by atoms with Crippen molar-refractivity contribution in [3.05, 3.63) is 59.2 Å². The van der Waals surface area contributed by atoms with Crippen LogP contribution in [0.5, 0.6) is 11.5 Å². The van der Waals surface area contributed by atoms with E-state index < -0.39 is 17.5 Å². The summed E-state index contributed by atoms with van der Waals surface area (Å²) >= 11 is 0. The first-order valence-corrected chi connectivity index (χ1v) is 9.01. The first-order valence-electron chi connectivity index (χ1n) is 9.01. The third-order valence-electron chi connectivity index (χ3n) is 4.93. The van der Waals surface area contributed by atoms with E-state index in [0.29, 0.717) is 29.0 Å². The molecule has 3 rings (SSSR count). The van der Waals surface area contributed by atoms with Gasteiger partial charge in [0.1, 0.15) is 5.54 Å². The Morgan fingerprint density at radius 1 is 1.03 bits per heavy atom. The Balaban J connectivity index is 1.77. The molecule has 3 N–H and O–H groups in total. The molecule has 1 aliphatic heterocycles. The molecule has 0 bridgehead atoms. The quantitative estimate of drug-likeness (QED) is 0.693. The Bertz CT molecular complexity index is 957. The highest BCUT2D eigenvalue weighted by atomic mass is 16.5. The van der Waals surface area contributed by atoms with Gasteiger partial charge in [0.2, 0.25) is 5.91 Å². The minimum atomic E-state index is -1.08. The molecule has 2 aromatic rings. The number of nitrogens with one attached hydrogen (secondary N) is 1. The van der Waals surface area contributed by atoms with Gasteiger partial charge >= 0.3 is 6.03 Å². The normalized spacial score (nSPS) is 18.5. The van der Waals surface area contributed by atoms with E-state index >= 15 is 0 Å². The molecule has 2 aromatic carbocycles. The molecule has 4 amide bonds. The highest BCUT2D eigenvalue weighted by Gasteiger charge is 2.47. The SMILES string of the molecule is COc1ccc(CC2(C)NC(=O)N(Cc3ccc(C(N)=O)cc3)C2=O)cc1OC. The summed E-state index contributed by atoms with van der Waals surface area (Å²) in [4.78, 5) is 37.8. The Labute approximate surface area is 168 Å². The average Bonchev–Trinajstić information content (AvgIpc) is 2.91. The number of benzene rings is 2.